The molecule has 0 saturated carbocycles. The number of hydrogen-bond donors (Lipinski definition) is 2. The molecule has 0 spiro atoms. The molecule has 0 radical (unpaired) electrons. The monoisotopic (exact) mass is 263 g/mol. The van der Waals surface area contributed by atoms with Crippen LogP contribution in [0, 0.1) is 0 Å². The van der Waals surface area contributed by atoms with Gasteiger partial charge in [0.05, 0.1) is 5.52 Å². The Morgan fingerprint density at radius 1 is 1.39 bits per heavy atom. The number of fused-ring (bicyclic) bond motifs is 1. The Balaban J connectivity index is 2.18. The van der Waals surface area contributed by atoms with Gasteiger partial charge in [-0.15, -0.1) is 0 Å². The second-order valence-corrected chi connectivity index (χ2v) is 4.89. The van der Waals surface area contributed by atoms with Gasteiger partial charge in [0.1, 0.15) is 0 Å². The van der Waals surface area contributed by atoms with Gasteiger partial charge in [0.25, 0.3) is 0 Å². The summed E-state index contributed by atoms with van der Waals surface area (Å²) in [6.45, 7) is 2.92. The second-order valence-electron chi connectivity index (χ2n) is 4.45. The fourth-order valence-electron chi connectivity index (χ4n) is 1.99. The molecule has 0 amide bonds. The first-order valence-corrected chi connectivity index (χ1v) is 6.62. The molecule has 0 aliphatic rings. The average molecular weight is 264 g/mol. The van der Waals surface area contributed by atoms with E-state index in [1.165, 1.54) is 0 Å². The Morgan fingerprint density at radius 3 is 3.00 bits per heavy atom. The van der Waals surface area contributed by atoms with E-state index in [4.69, 9.17) is 17.3 Å². The molecule has 3 N–H and O–H groups in total. The number of pyridine rings is 1. The number of aromatic nitrogens is 1. The zero-order chi connectivity index (χ0) is 13.0. The van der Waals surface area contributed by atoms with Crippen LogP contribution in [0.15, 0.2) is 30.5 Å². The average Bonchev–Trinajstić information content (AvgIpc) is 2.36. The van der Waals surface area contributed by atoms with E-state index in [2.05, 4.69) is 17.2 Å². The molecule has 2 rings (SSSR count). The number of benzene rings is 1. The van der Waals surface area contributed by atoms with Crippen LogP contribution in [0.3, 0.4) is 0 Å². The largest absolute Gasteiger partial charge is 0.383 e. The van der Waals surface area contributed by atoms with E-state index in [1.54, 1.807) is 6.20 Å². The van der Waals surface area contributed by atoms with E-state index in [9.17, 15) is 0 Å². The molecular formula is C14H18ClN3. The van der Waals surface area contributed by atoms with Crippen LogP contribution in [0.5, 0.6) is 0 Å². The molecule has 1 heterocycles. The van der Waals surface area contributed by atoms with E-state index < -0.39 is 0 Å². The van der Waals surface area contributed by atoms with Crippen LogP contribution in [0.4, 0.5) is 5.69 Å². The molecule has 4 heteroatoms. The topological polar surface area (TPSA) is 50.9 Å². The van der Waals surface area contributed by atoms with Crippen molar-refractivity contribution in [2.75, 3.05) is 11.9 Å². The number of rotatable bonds is 5. The van der Waals surface area contributed by atoms with Crippen molar-refractivity contribution in [3.63, 3.8) is 0 Å². The van der Waals surface area contributed by atoms with Crippen molar-refractivity contribution in [1.29, 1.82) is 0 Å². The zero-order valence-electron chi connectivity index (χ0n) is 10.5. The first kappa shape index (κ1) is 13.1. The molecule has 0 aliphatic carbocycles. The minimum Gasteiger partial charge on any atom is -0.383 e. The van der Waals surface area contributed by atoms with Gasteiger partial charge in [0, 0.05) is 34.9 Å². The van der Waals surface area contributed by atoms with E-state index in [0.29, 0.717) is 5.02 Å². The molecule has 18 heavy (non-hydrogen) atoms. The van der Waals surface area contributed by atoms with Crippen molar-refractivity contribution in [2.45, 2.75) is 25.8 Å². The summed E-state index contributed by atoms with van der Waals surface area (Å²) in [5, 5.41) is 5.16. The lowest BCUT2D eigenvalue weighted by Crippen LogP contribution is -2.28. The third-order valence-electron chi connectivity index (χ3n) is 2.92. The van der Waals surface area contributed by atoms with Crippen molar-refractivity contribution in [3.05, 3.63) is 35.5 Å². The Hall–Kier alpha value is -1.32. The maximum Gasteiger partial charge on any atom is 0.0737 e. The van der Waals surface area contributed by atoms with Gasteiger partial charge in [-0.2, -0.15) is 0 Å². The quantitative estimate of drug-likeness (QED) is 0.869. The highest BCUT2D eigenvalue weighted by Gasteiger charge is 2.04. The SMILES string of the molecule is CCCC(N)CNc1ccnc2cc(Cl)ccc12. The lowest BCUT2D eigenvalue weighted by atomic mass is 10.1. The Kier molecular flexibility index (Phi) is 4.39. The zero-order valence-corrected chi connectivity index (χ0v) is 11.2. The van der Waals surface area contributed by atoms with Gasteiger partial charge < -0.3 is 11.1 Å². The minimum atomic E-state index is 0.186. The van der Waals surface area contributed by atoms with Gasteiger partial charge in [-0.05, 0) is 30.7 Å². The first-order valence-electron chi connectivity index (χ1n) is 6.24. The van der Waals surface area contributed by atoms with Crippen LogP contribution in [0.25, 0.3) is 10.9 Å². The summed E-state index contributed by atoms with van der Waals surface area (Å²) >= 11 is 5.96. The van der Waals surface area contributed by atoms with E-state index in [0.717, 1.165) is 36.0 Å². The van der Waals surface area contributed by atoms with Crippen molar-refractivity contribution in [2.24, 2.45) is 5.73 Å². The van der Waals surface area contributed by atoms with E-state index in [1.807, 2.05) is 24.3 Å². The van der Waals surface area contributed by atoms with Crippen LogP contribution in [0.1, 0.15) is 19.8 Å². The Morgan fingerprint density at radius 2 is 2.22 bits per heavy atom. The van der Waals surface area contributed by atoms with Crippen molar-refractivity contribution in [3.8, 4) is 0 Å². The summed E-state index contributed by atoms with van der Waals surface area (Å²) in [4.78, 5) is 4.31. The van der Waals surface area contributed by atoms with Gasteiger partial charge in [0.15, 0.2) is 0 Å². The predicted molar refractivity (Wildman–Crippen MR) is 78.1 cm³/mol. The molecule has 1 atom stereocenters. The number of nitrogens with zero attached hydrogens (tertiary/aromatic N) is 1. The summed E-state index contributed by atoms with van der Waals surface area (Å²) in [7, 11) is 0. The third kappa shape index (κ3) is 3.12. The number of nitrogens with one attached hydrogen (secondary N) is 1. The summed E-state index contributed by atoms with van der Waals surface area (Å²) in [6, 6.07) is 7.88. The second kappa shape index (κ2) is 6.03. The van der Waals surface area contributed by atoms with Gasteiger partial charge >= 0.3 is 0 Å². The molecule has 1 aromatic heterocycles. The highest BCUT2D eigenvalue weighted by molar-refractivity contribution is 6.31. The normalized spacial score (nSPS) is 12.6. The fraction of sp³-hybridized carbons (Fsp3) is 0.357. The van der Waals surface area contributed by atoms with Crippen LogP contribution < -0.4 is 11.1 Å². The molecule has 0 fully saturated rings. The highest BCUT2D eigenvalue weighted by Crippen LogP contribution is 2.24. The summed E-state index contributed by atoms with van der Waals surface area (Å²) in [5.74, 6) is 0. The van der Waals surface area contributed by atoms with E-state index >= 15 is 0 Å². The molecule has 0 aliphatic heterocycles. The molecule has 2 aromatic rings. The lowest BCUT2D eigenvalue weighted by molar-refractivity contribution is 0.627. The summed E-state index contributed by atoms with van der Waals surface area (Å²) in [6.07, 6.45) is 3.92. The van der Waals surface area contributed by atoms with Crippen LogP contribution in [-0.2, 0) is 0 Å². The molecule has 0 saturated heterocycles. The number of nitrogens with two attached hydrogens (primary N) is 1. The van der Waals surface area contributed by atoms with Crippen molar-refractivity contribution in [1.82, 2.24) is 4.98 Å². The van der Waals surface area contributed by atoms with Gasteiger partial charge in [-0.1, -0.05) is 24.9 Å². The van der Waals surface area contributed by atoms with Crippen LogP contribution in [-0.4, -0.2) is 17.6 Å². The molecule has 0 bridgehead atoms. The fourth-order valence-corrected chi connectivity index (χ4v) is 2.16. The maximum atomic E-state index is 6.00. The summed E-state index contributed by atoms with van der Waals surface area (Å²) < 4.78 is 0. The van der Waals surface area contributed by atoms with Gasteiger partial charge in [-0.3, -0.25) is 4.98 Å². The van der Waals surface area contributed by atoms with Crippen LogP contribution >= 0.6 is 11.6 Å². The van der Waals surface area contributed by atoms with Crippen LogP contribution in [0.2, 0.25) is 5.02 Å². The van der Waals surface area contributed by atoms with Gasteiger partial charge in [-0.25, -0.2) is 0 Å². The lowest BCUT2D eigenvalue weighted by Gasteiger charge is -2.14. The van der Waals surface area contributed by atoms with Crippen molar-refractivity contribution < 1.29 is 0 Å². The van der Waals surface area contributed by atoms with Crippen molar-refractivity contribution >= 4 is 28.2 Å². The third-order valence-corrected chi connectivity index (χ3v) is 3.15. The molecule has 96 valence electrons. The maximum absolute atomic E-state index is 6.00. The number of anilines is 1. The molecule has 1 aromatic carbocycles. The molecule has 3 nitrogen and oxygen atoms in total. The highest BCUT2D eigenvalue weighted by atomic mass is 35.5. The number of hydrogen-bond acceptors (Lipinski definition) is 3. The molecule has 1 unspecified atom stereocenters. The Bertz CT molecular complexity index is 527. The standard InChI is InChI=1S/C14H18ClN3/c1-2-3-11(16)9-18-13-6-7-17-14-8-10(15)4-5-12(13)14/h4-8,11H,2-3,9,16H2,1H3,(H,17,18). The van der Waals surface area contributed by atoms with Gasteiger partial charge in [0.2, 0.25) is 0 Å². The Labute approximate surface area is 112 Å². The first-order chi connectivity index (χ1) is 8.70. The number of halogens is 1. The summed E-state index contributed by atoms with van der Waals surface area (Å²) in [5.41, 5.74) is 7.96. The van der Waals surface area contributed by atoms with E-state index in [-0.39, 0.29) is 6.04 Å². The molecular weight excluding hydrogens is 246 g/mol. The minimum absolute atomic E-state index is 0.186. The predicted octanol–water partition coefficient (Wildman–Crippen LogP) is 3.43. The smallest absolute Gasteiger partial charge is 0.0737 e.